The van der Waals surface area contributed by atoms with Gasteiger partial charge in [-0.25, -0.2) is 9.97 Å². The van der Waals surface area contributed by atoms with E-state index in [-0.39, 0.29) is 11.9 Å². The van der Waals surface area contributed by atoms with E-state index in [0.717, 1.165) is 39.8 Å². The highest BCUT2D eigenvalue weighted by atomic mass is 32.2. The molecule has 1 atom stereocenters. The van der Waals surface area contributed by atoms with Gasteiger partial charge in [0.15, 0.2) is 5.16 Å². The van der Waals surface area contributed by atoms with Gasteiger partial charge >= 0.3 is 0 Å². The van der Waals surface area contributed by atoms with Gasteiger partial charge in [-0.05, 0) is 37.7 Å². The van der Waals surface area contributed by atoms with Crippen molar-refractivity contribution in [3.63, 3.8) is 0 Å². The first kappa shape index (κ1) is 18.3. The normalized spacial score (nSPS) is 15.3. The Bertz CT molecular complexity index is 951. The van der Waals surface area contributed by atoms with Crippen LogP contribution < -0.4 is 10.2 Å². The fourth-order valence-electron chi connectivity index (χ4n) is 3.35. The molecule has 1 aliphatic rings. The molecular formula is C20H22N4OS2. The van der Waals surface area contributed by atoms with Crippen molar-refractivity contribution < 1.29 is 4.79 Å². The smallest absolute Gasteiger partial charge is 0.261 e. The minimum atomic E-state index is -0.0626. The molecule has 4 rings (SSSR count). The molecule has 140 valence electrons. The summed E-state index contributed by atoms with van der Waals surface area (Å²) in [5.74, 6) is 0.903. The molecule has 1 aliphatic heterocycles. The van der Waals surface area contributed by atoms with Gasteiger partial charge in [0.1, 0.15) is 10.6 Å². The predicted octanol–water partition coefficient (Wildman–Crippen LogP) is 4.50. The Morgan fingerprint density at radius 1 is 1.22 bits per heavy atom. The average Bonchev–Trinajstić information content (AvgIpc) is 3.37. The highest BCUT2D eigenvalue weighted by Gasteiger charge is 2.22. The molecule has 7 heteroatoms. The number of thiophene rings is 1. The third kappa shape index (κ3) is 3.80. The van der Waals surface area contributed by atoms with Crippen LogP contribution in [0.4, 0.5) is 5.82 Å². The number of rotatable bonds is 5. The molecule has 0 bridgehead atoms. The minimum Gasteiger partial charge on any atom is -0.356 e. The number of hydrogen-bond donors (Lipinski definition) is 1. The van der Waals surface area contributed by atoms with Crippen molar-refractivity contribution in [3.8, 4) is 0 Å². The van der Waals surface area contributed by atoms with Crippen molar-refractivity contribution in [2.75, 3.05) is 24.2 Å². The molecule has 3 heterocycles. The summed E-state index contributed by atoms with van der Waals surface area (Å²) in [4.78, 5) is 26.1. The van der Waals surface area contributed by atoms with E-state index >= 15 is 0 Å². The highest BCUT2D eigenvalue weighted by molar-refractivity contribution is 7.98. The lowest BCUT2D eigenvalue weighted by atomic mass is 10.1. The summed E-state index contributed by atoms with van der Waals surface area (Å²) in [6.45, 7) is 4.03. The van der Waals surface area contributed by atoms with E-state index < -0.39 is 0 Å². The minimum absolute atomic E-state index is 0.0465. The Balaban J connectivity index is 1.64. The number of aromatic nitrogens is 2. The molecular weight excluding hydrogens is 376 g/mol. The molecule has 27 heavy (non-hydrogen) atoms. The Morgan fingerprint density at radius 3 is 2.67 bits per heavy atom. The van der Waals surface area contributed by atoms with Crippen molar-refractivity contribution >= 4 is 45.0 Å². The van der Waals surface area contributed by atoms with Gasteiger partial charge in [-0.1, -0.05) is 42.1 Å². The summed E-state index contributed by atoms with van der Waals surface area (Å²) in [6.07, 6.45) is 4.36. The van der Waals surface area contributed by atoms with Crippen LogP contribution in [-0.4, -0.2) is 35.2 Å². The molecule has 1 fully saturated rings. The molecule has 2 aromatic heterocycles. The second-order valence-corrected chi connectivity index (χ2v) is 8.47. The van der Waals surface area contributed by atoms with Crippen LogP contribution in [0.5, 0.6) is 0 Å². The third-order valence-electron chi connectivity index (χ3n) is 4.81. The highest BCUT2D eigenvalue weighted by Crippen LogP contribution is 2.34. The van der Waals surface area contributed by atoms with Gasteiger partial charge in [-0.2, -0.15) is 0 Å². The topological polar surface area (TPSA) is 58.1 Å². The van der Waals surface area contributed by atoms with Crippen LogP contribution >= 0.6 is 23.1 Å². The molecule has 5 nitrogen and oxygen atoms in total. The van der Waals surface area contributed by atoms with Crippen molar-refractivity contribution in [1.29, 1.82) is 0 Å². The van der Waals surface area contributed by atoms with Gasteiger partial charge in [0.2, 0.25) is 0 Å². The number of anilines is 1. The first-order chi connectivity index (χ1) is 13.2. The molecule has 1 amide bonds. The Hall–Kier alpha value is -2.12. The molecule has 0 aliphatic carbocycles. The molecule has 1 N–H and O–H groups in total. The second kappa shape index (κ2) is 7.86. The van der Waals surface area contributed by atoms with Crippen LogP contribution in [0.15, 0.2) is 41.6 Å². The number of hydrogen-bond acceptors (Lipinski definition) is 6. The monoisotopic (exact) mass is 398 g/mol. The number of carbonyl (C=O) groups is 1. The van der Waals surface area contributed by atoms with E-state index in [4.69, 9.17) is 4.98 Å². The number of thioether (sulfide) groups is 1. The van der Waals surface area contributed by atoms with Crippen molar-refractivity contribution in [2.45, 2.75) is 31.0 Å². The van der Waals surface area contributed by atoms with Crippen LogP contribution in [0.25, 0.3) is 10.2 Å². The first-order valence-electron chi connectivity index (χ1n) is 9.12. The second-order valence-electron chi connectivity index (χ2n) is 6.66. The summed E-state index contributed by atoms with van der Waals surface area (Å²) >= 11 is 2.98. The van der Waals surface area contributed by atoms with Crippen LogP contribution in [-0.2, 0) is 0 Å². The van der Waals surface area contributed by atoms with Crippen molar-refractivity contribution in [2.24, 2.45) is 0 Å². The number of fused-ring (bicyclic) bond motifs is 1. The van der Waals surface area contributed by atoms with E-state index in [0.29, 0.717) is 4.88 Å². The summed E-state index contributed by atoms with van der Waals surface area (Å²) in [6, 6.07) is 11.9. The van der Waals surface area contributed by atoms with Gasteiger partial charge in [-0.15, -0.1) is 11.3 Å². The van der Waals surface area contributed by atoms with Crippen LogP contribution in [0, 0.1) is 0 Å². The quantitative estimate of drug-likeness (QED) is 0.506. The van der Waals surface area contributed by atoms with Gasteiger partial charge in [0, 0.05) is 13.1 Å². The van der Waals surface area contributed by atoms with Crippen molar-refractivity contribution in [3.05, 3.63) is 46.8 Å². The van der Waals surface area contributed by atoms with E-state index in [2.05, 4.69) is 15.2 Å². The summed E-state index contributed by atoms with van der Waals surface area (Å²) in [5.41, 5.74) is 1.09. The average molecular weight is 399 g/mol. The van der Waals surface area contributed by atoms with E-state index in [1.165, 1.54) is 35.9 Å². The molecule has 0 radical (unpaired) electrons. The standard InChI is InChI=1S/C20H22N4OS2/c1-13(14-8-4-3-5-9-14)21-18(25)16-12-15-17(24-10-6-7-11-24)22-20(26-2)23-19(15)27-16/h3-5,8-9,12-13H,6-7,10-11H2,1-2H3,(H,21,25)/t13-/m1/s1. The number of amides is 1. The number of carbonyl (C=O) groups excluding carboxylic acids is 1. The Kier molecular flexibility index (Phi) is 5.31. The zero-order valence-corrected chi connectivity index (χ0v) is 17.1. The maximum Gasteiger partial charge on any atom is 0.261 e. The zero-order valence-electron chi connectivity index (χ0n) is 15.4. The first-order valence-corrected chi connectivity index (χ1v) is 11.2. The fraction of sp³-hybridized carbons (Fsp3) is 0.350. The summed E-state index contributed by atoms with van der Waals surface area (Å²) < 4.78 is 0. The lowest BCUT2D eigenvalue weighted by Crippen LogP contribution is -2.25. The molecule has 0 unspecified atom stereocenters. The predicted molar refractivity (Wildman–Crippen MR) is 113 cm³/mol. The van der Waals surface area contributed by atoms with Gasteiger partial charge in [0.25, 0.3) is 5.91 Å². The lowest BCUT2D eigenvalue weighted by molar-refractivity contribution is 0.0944. The third-order valence-corrected chi connectivity index (χ3v) is 6.39. The fourth-order valence-corrected chi connectivity index (χ4v) is 4.70. The molecule has 0 saturated carbocycles. The maximum atomic E-state index is 12.8. The number of nitrogens with zero attached hydrogens (tertiary/aromatic N) is 3. The maximum absolute atomic E-state index is 12.8. The van der Waals surface area contributed by atoms with E-state index in [1.807, 2.05) is 49.6 Å². The van der Waals surface area contributed by atoms with E-state index in [1.54, 1.807) is 0 Å². The van der Waals surface area contributed by atoms with Crippen LogP contribution in [0.2, 0.25) is 0 Å². The Morgan fingerprint density at radius 2 is 1.96 bits per heavy atom. The van der Waals surface area contributed by atoms with Crippen molar-refractivity contribution in [1.82, 2.24) is 15.3 Å². The molecule has 3 aromatic rings. The molecule has 1 aromatic carbocycles. The summed E-state index contributed by atoms with van der Waals surface area (Å²) in [5, 5.41) is 4.84. The molecule has 0 spiro atoms. The van der Waals surface area contributed by atoms with Crippen LogP contribution in [0.3, 0.4) is 0 Å². The van der Waals surface area contributed by atoms with Gasteiger partial charge in [-0.3, -0.25) is 4.79 Å². The Labute approximate surface area is 167 Å². The molecule has 1 saturated heterocycles. The lowest BCUT2D eigenvalue weighted by Gasteiger charge is -2.17. The SMILES string of the molecule is CSc1nc(N2CCCC2)c2cc(C(=O)N[C@H](C)c3ccccc3)sc2n1. The number of nitrogens with one attached hydrogen (secondary N) is 1. The van der Waals surface area contributed by atoms with Gasteiger partial charge in [0.05, 0.1) is 16.3 Å². The number of benzene rings is 1. The van der Waals surface area contributed by atoms with Crippen LogP contribution in [0.1, 0.15) is 41.0 Å². The largest absolute Gasteiger partial charge is 0.356 e. The summed E-state index contributed by atoms with van der Waals surface area (Å²) in [7, 11) is 0. The zero-order chi connectivity index (χ0) is 18.8. The van der Waals surface area contributed by atoms with E-state index in [9.17, 15) is 4.79 Å². The van der Waals surface area contributed by atoms with Gasteiger partial charge < -0.3 is 10.2 Å².